The van der Waals surface area contributed by atoms with E-state index in [9.17, 15) is 4.79 Å². The molecule has 1 aromatic heterocycles. The van der Waals surface area contributed by atoms with Gasteiger partial charge in [0.25, 0.3) is 0 Å². The van der Waals surface area contributed by atoms with Gasteiger partial charge in [-0.15, -0.1) is 0 Å². The Hall–Kier alpha value is -2.40. The van der Waals surface area contributed by atoms with E-state index in [-0.39, 0.29) is 5.69 Å². The summed E-state index contributed by atoms with van der Waals surface area (Å²) in [5, 5.41) is 4.23. The third-order valence-electron chi connectivity index (χ3n) is 5.48. The van der Waals surface area contributed by atoms with Gasteiger partial charge in [-0.3, -0.25) is 9.13 Å². The van der Waals surface area contributed by atoms with Crippen molar-refractivity contribution in [3.8, 4) is 0 Å². The quantitative estimate of drug-likeness (QED) is 0.735. The molecule has 0 unspecified atom stereocenters. The fourth-order valence-corrected chi connectivity index (χ4v) is 4.17. The second kappa shape index (κ2) is 7.31. The standard InChI is InChI=1S/C21H25ClN4O/c1-24-19-8-6-15(12-20(19)25(2)21(24)27)14-23-16-7-9-18(17(22)13-16)26-10-4-3-5-11-26/h6-9,12-13,23H,3-5,10-11,14H2,1-2H3. The molecule has 2 aromatic carbocycles. The van der Waals surface area contributed by atoms with Crippen LogP contribution in [-0.2, 0) is 20.6 Å². The summed E-state index contributed by atoms with van der Waals surface area (Å²) in [5.41, 5.74) is 5.14. The van der Waals surface area contributed by atoms with E-state index in [1.165, 1.54) is 19.3 Å². The first-order valence-corrected chi connectivity index (χ1v) is 9.85. The minimum absolute atomic E-state index is 0.00445. The molecule has 4 rings (SSSR count). The Labute approximate surface area is 164 Å². The molecule has 1 saturated heterocycles. The lowest BCUT2D eigenvalue weighted by atomic mass is 10.1. The second-order valence-corrected chi connectivity index (χ2v) is 7.70. The number of imidazole rings is 1. The van der Waals surface area contributed by atoms with E-state index in [1.807, 2.05) is 12.1 Å². The van der Waals surface area contributed by atoms with Crippen LogP contribution in [-0.4, -0.2) is 22.2 Å². The molecular weight excluding hydrogens is 360 g/mol. The van der Waals surface area contributed by atoms with E-state index in [0.29, 0.717) is 6.54 Å². The molecule has 0 saturated carbocycles. The zero-order valence-electron chi connectivity index (χ0n) is 15.8. The number of hydrogen-bond acceptors (Lipinski definition) is 3. The number of aromatic nitrogens is 2. The number of benzene rings is 2. The lowest BCUT2D eigenvalue weighted by Crippen LogP contribution is -2.29. The summed E-state index contributed by atoms with van der Waals surface area (Å²) in [6.07, 6.45) is 3.78. The van der Waals surface area contributed by atoms with Gasteiger partial charge in [-0.1, -0.05) is 17.7 Å². The molecule has 0 radical (unpaired) electrons. The summed E-state index contributed by atoms with van der Waals surface area (Å²) in [7, 11) is 3.61. The summed E-state index contributed by atoms with van der Waals surface area (Å²) >= 11 is 6.54. The van der Waals surface area contributed by atoms with Crippen LogP contribution in [0.15, 0.2) is 41.2 Å². The molecule has 27 heavy (non-hydrogen) atoms. The number of rotatable bonds is 4. The molecule has 1 aliphatic heterocycles. The summed E-state index contributed by atoms with van der Waals surface area (Å²) in [6.45, 7) is 2.85. The van der Waals surface area contributed by atoms with Crippen LogP contribution in [0.25, 0.3) is 11.0 Å². The molecule has 0 atom stereocenters. The molecule has 142 valence electrons. The molecule has 0 aliphatic carbocycles. The van der Waals surface area contributed by atoms with Crippen LogP contribution >= 0.6 is 11.6 Å². The van der Waals surface area contributed by atoms with E-state index in [2.05, 4.69) is 34.5 Å². The predicted molar refractivity (Wildman–Crippen MR) is 113 cm³/mol. The van der Waals surface area contributed by atoms with E-state index < -0.39 is 0 Å². The Balaban J connectivity index is 1.50. The van der Waals surface area contributed by atoms with Gasteiger partial charge in [-0.2, -0.15) is 0 Å². The van der Waals surface area contributed by atoms with Gasteiger partial charge in [-0.25, -0.2) is 4.79 Å². The van der Waals surface area contributed by atoms with Crippen molar-refractivity contribution in [2.24, 2.45) is 14.1 Å². The van der Waals surface area contributed by atoms with Crippen LogP contribution in [0.5, 0.6) is 0 Å². The number of anilines is 2. The van der Waals surface area contributed by atoms with Crippen molar-refractivity contribution >= 4 is 34.0 Å². The van der Waals surface area contributed by atoms with Crippen molar-refractivity contribution < 1.29 is 0 Å². The van der Waals surface area contributed by atoms with Crippen LogP contribution < -0.4 is 15.9 Å². The van der Waals surface area contributed by atoms with Crippen LogP contribution in [0.4, 0.5) is 11.4 Å². The molecule has 6 heteroatoms. The van der Waals surface area contributed by atoms with Crippen LogP contribution in [0, 0.1) is 0 Å². The van der Waals surface area contributed by atoms with Gasteiger partial charge in [0, 0.05) is 39.4 Å². The number of halogens is 1. The Morgan fingerprint density at radius 2 is 1.70 bits per heavy atom. The largest absolute Gasteiger partial charge is 0.381 e. The van der Waals surface area contributed by atoms with Gasteiger partial charge in [0.15, 0.2) is 0 Å². The summed E-state index contributed by atoms with van der Waals surface area (Å²) < 4.78 is 3.36. The summed E-state index contributed by atoms with van der Waals surface area (Å²) in [5.74, 6) is 0. The molecule has 0 spiro atoms. The highest BCUT2D eigenvalue weighted by Gasteiger charge is 2.14. The molecule has 1 fully saturated rings. The highest BCUT2D eigenvalue weighted by atomic mass is 35.5. The zero-order valence-corrected chi connectivity index (χ0v) is 16.6. The van der Waals surface area contributed by atoms with Gasteiger partial charge in [0.2, 0.25) is 0 Å². The first-order valence-electron chi connectivity index (χ1n) is 9.47. The predicted octanol–water partition coefficient (Wildman–Crippen LogP) is 4.13. The average Bonchev–Trinajstić information content (AvgIpc) is 2.91. The van der Waals surface area contributed by atoms with Crippen molar-refractivity contribution in [1.82, 2.24) is 9.13 Å². The topological polar surface area (TPSA) is 42.2 Å². The van der Waals surface area contributed by atoms with Crippen LogP contribution in [0.1, 0.15) is 24.8 Å². The first kappa shape index (κ1) is 18.0. The zero-order chi connectivity index (χ0) is 19.0. The third-order valence-corrected chi connectivity index (χ3v) is 5.78. The second-order valence-electron chi connectivity index (χ2n) is 7.29. The van der Waals surface area contributed by atoms with Gasteiger partial charge >= 0.3 is 5.69 Å². The van der Waals surface area contributed by atoms with E-state index in [4.69, 9.17) is 11.6 Å². The smallest absolute Gasteiger partial charge is 0.328 e. The molecule has 3 aromatic rings. The number of fused-ring (bicyclic) bond motifs is 1. The van der Waals surface area contributed by atoms with Gasteiger partial charge in [0.1, 0.15) is 0 Å². The minimum atomic E-state index is -0.00445. The maximum atomic E-state index is 12.1. The van der Waals surface area contributed by atoms with E-state index in [1.54, 1.807) is 23.2 Å². The van der Waals surface area contributed by atoms with Crippen molar-refractivity contribution in [3.05, 3.63) is 57.5 Å². The van der Waals surface area contributed by atoms with E-state index in [0.717, 1.165) is 46.1 Å². The van der Waals surface area contributed by atoms with Crippen LogP contribution in [0.2, 0.25) is 5.02 Å². The lowest BCUT2D eigenvalue weighted by molar-refractivity contribution is 0.578. The maximum Gasteiger partial charge on any atom is 0.328 e. The van der Waals surface area contributed by atoms with Crippen molar-refractivity contribution in [3.63, 3.8) is 0 Å². The fourth-order valence-electron chi connectivity index (χ4n) is 3.87. The Kier molecular flexibility index (Phi) is 4.87. The third kappa shape index (κ3) is 3.44. The van der Waals surface area contributed by atoms with Gasteiger partial charge in [0.05, 0.1) is 21.7 Å². The highest BCUT2D eigenvalue weighted by molar-refractivity contribution is 6.33. The lowest BCUT2D eigenvalue weighted by Gasteiger charge is -2.29. The molecule has 5 nitrogen and oxygen atoms in total. The molecule has 2 heterocycles. The monoisotopic (exact) mass is 384 g/mol. The van der Waals surface area contributed by atoms with Crippen molar-refractivity contribution in [1.29, 1.82) is 0 Å². The number of nitrogens with zero attached hydrogens (tertiary/aromatic N) is 3. The molecule has 1 aliphatic rings. The number of piperidine rings is 1. The normalized spacial score (nSPS) is 14.7. The SMILES string of the molecule is Cn1c(=O)n(C)c2cc(CNc3ccc(N4CCCCC4)c(Cl)c3)ccc21. The first-order chi connectivity index (χ1) is 13.0. The van der Waals surface area contributed by atoms with E-state index >= 15 is 0 Å². The Morgan fingerprint density at radius 1 is 0.963 bits per heavy atom. The number of hydrogen-bond donors (Lipinski definition) is 1. The van der Waals surface area contributed by atoms with Gasteiger partial charge < -0.3 is 10.2 Å². The number of nitrogens with one attached hydrogen (secondary N) is 1. The Morgan fingerprint density at radius 3 is 2.44 bits per heavy atom. The van der Waals surface area contributed by atoms with Crippen LogP contribution in [0.3, 0.4) is 0 Å². The molecule has 1 N–H and O–H groups in total. The highest BCUT2D eigenvalue weighted by Crippen LogP contribution is 2.31. The average molecular weight is 385 g/mol. The Bertz CT molecular complexity index is 1030. The molecule has 0 bridgehead atoms. The maximum absolute atomic E-state index is 12.1. The molecular formula is C21H25ClN4O. The summed E-state index contributed by atoms with van der Waals surface area (Å²) in [4.78, 5) is 14.4. The van der Waals surface area contributed by atoms with Crippen molar-refractivity contribution in [2.75, 3.05) is 23.3 Å². The summed E-state index contributed by atoms with van der Waals surface area (Å²) in [6, 6.07) is 12.3. The number of aryl methyl sites for hydroxylation is 2. The molecule has 0 amide bonds. The van der Waals surface area contributed by atoms with Gasteiger partial charge in [-0.05, 0) is 55.2 Å². The van der Waals surface area contributed by atoms with Crippen molar-refractivity contribution in [2.45, 2.75) is 25.8 Å². The minimum Gasteiger partial charge on any atom is -0.381 e. The fraction of sp³-hybridized carbons (Fsp3) is 0.381.